The molecule has 0 saturated carbocycles. The summed E-state index contributed by atoms with van der Waals surface area (Å²) in [7, 11) is 0.405. The van der Waals surface area contributed by atoms with Crippen LogP contribution in [0.25, 0.3) is 10.9 Å². The molecule has 102 valence electrons. The highest BCUT2D eigenvalue weighted by molar-refractivity contribution is 7.01. The first kappa shape index (κ1) is 13.5. The van der Waals surface area contributed by atoms with Gasteiger partial charge >= 0.3 is 0 Å². The summed E-state index contributed by atoms with van der Waals surface area (Å²) >= 11 is 6.20. The number of hydrogen-bond acceptors (Lipinski definition) is 0. The lowest BCUT2D eigenvalue weighted by Crippen LogP contribution is -2.52. The molecule has 0 saturated heterocycles. The third-order valence-corrected chi connectivity index (χ3v) is 7.88. The van der Waals surface area contributed by atoms with Crippen molar-refractivity contribution < 1.29 is 0 Å². The summed E-state index contributed by atoms with van der Waals surface area (Å²) in [6.07, 6.45) is 2.28. The highest BCUT2D eigenvalue weighted by atomic mass is 35.5. The smallest absolute Gasteiger partial charge is 0.115 e. The van der Waals surface area contributed by atoms with E-state index >= 15 is 0 Å². The molecule has 0 aliphatic heterocycles. The van der Waals surface area contributed by atoms with Gasteiger partial charge in [0, 0.05) is 29.2 Å². The van der Waals surface area contributed by atoms with Gasteiger partial charge in [-0.1, -0.05) is 60.2 Å². The van der Waals surface area contributed by atoms with Crippen LogP contribution in [0.2, 0.25) is 18.1 Å². The first-order valence-corrected chi connectivity index (χ1v) is 10.2. The minimum atomic E-state index is -1.70. The molecule has 0 amide bonds. The van der Waals surface area contributed by atoms with Crippen LogP contribution in [0.5, 0.6) is 0 Å². The van der Waals surface area contributed by atoms with Crippen molar-refractivity contribution in [1.82, 2.24) is 4.57 Å². The Morgan fingerprint density at radius 3 is 2.40 bits per heavy atom. The van der Waals surface area contributed by atoms with E-state index in [1.165, 1.54) is 21.3 Å². The molecule has 0 N–H and O–H groups in total. The van der Waals surface area contributed by atoms with Gasteiger partial charge in [0.25, 0.3) is 0 Å². The van der Waals surface area contributed by atoms with Gasteiger partial charge < -0.3 is 4.57 Å². The summed E-state index contributed by atoms with van der Waals surface area (Å²) in [5, 5.41) is 5.00. The van der Waals surface area contributed by atoms with Crippen LogP contribution in [-0.2, 0) is 7.05 Å². The van der Waals surface area contributed by atoms with Crippen molar-refractivity contribution >= 4 is 41.0 Å². The molecule has 1 nitrogen and oxygen atoms in total. The van der Waals surface area contributed by atoms with Crippen LogP contribution in [-0.4, -0.2) is 12.6 Å². The Kier molecular flexibility index (Phi) is 3.23. The van der Waals surface area contributed by atoms with Crippen LogP contribution < -0.4 is 10.4 Å². The van der Waals surface area contributed by atoms with E-state index in [0.717, 1.165) is 5.02 Å². The second-order valence-electron chi connectivity index (χ2n) is 5.81. The number of halogens is 1. The maximum Gasteiger partial charge on any atom is 0.115 e. The average molecular weight is 300 g/mol. The Labute approximate surface area is 125 Å². The Hall–Kier alpha value is -1.51. The first-order chi connectivity index (χ1) is 9.50. The zero-order chi connectivity index (χ0) is 14.3. The molecule has 2 aromatic carbocycles. The number of aromatic nitrogens is 1. The third-order valence-electron chi connectivity index (χ3n) is 4.12. The first-order valence-electron chi connectivity index (χ1n) is 6.81. The zero-order valence-corrected chi connectivity index (χ0v) is 13.8. The molecule has 0 radical (unpaired) electrons. The predicted molar refractivity (Wildman–Crippen MR) is 91.1 cm³/mol. The fraction of sp³-hybridized carbons (Fsp3) is 0.176. The summed E-state index contributed by atoms with van der Waals surface area (Å²) in [4.78, 5) is 0. The van der Waals surface area contributed by atoms with Crippen LogP contribution >= 0.6 is 11.6 Å². The minimum Gasteiger partial charge on any atom is -0.351 e. The van der Waals surface area contributed by atoms with Crippen molar-refractivity contribution in [3.8, 4) is 0 Å². The quantitative estimate of drug-likeness (QED) is 0.637. The van der Waals surface area contributed by atoms with Gasteiger partial charge in [0.15, 0.2) is 0 Å². The number of fused-ring (bicyclic) bond motifs is 1. The lowest BCUT2D eigenvalue weighted by Gasteiger charge is -2.22. The molecule has 1 aromatic heterocycles. The Morgan fingerprint density at radius 1 is 1.00 bits per heavy atom. The molecule has 0 spiro atoms. The molecule has 3 heteroatoms. The zero-order valence-electron chi connectivity index (χ0n) is 12.0. The number of nitrogens with zero attached hydrogens (tertiary/aromatic N) is 1. The lowest BCUT2D eigenvalue weighted by atomic mass is 10.2. The van der Waals surface area contributed by atoms with E-state index < -0.39 is 8.07 Å². The van der Waals surface area contributed by atoms with Crippen LogP contribution in [0, 0.1) is 0 Å². The molecule has 3 rings (SSSR count). The number of hydrogen-bond donors (Lipinski definition) is 0. The van der Waals surface area contributed by atoms with E-state index in [4.69, 9.17) is 11.6 Å². The topological polar surface area (TPSA) is 4.93 Å². The third kappa shape index (κ3) is 2.09. The monoisotopic (exact) mass is 299 g/mol. The fourth-order valence-electron chi connectivity index (χ4n) is 2.87. The standard InChI is InChI=1S/C17H18ClNSi/c1-19-12-17(15-11-13(18)9-10-16(15)19)20(2,3)14-7-5-4-6-8-14/h4-12H,1-3H3. The lowest BCUT2D eigenvalue weighted by molar-refractivity contribution is 0.972. The fourth-order valence-corrected chi connectivity index (χ4v) is 5.77. The Bertz CT molecular complexity index is 759. The van der Waals surface area contributed by atoms with E-state index in [0.29, 0.717) is 0 Å². The number of benzene rings is 2. The van der Waals surface area contributed by atoms with Crippen LogP contribution in [0.3, 0.4) is 0 Å². The van der Waals surface area contributed by atoms with Crippen LogP contribution in [0.4, 0.5) is 0 Å². The summed E-state index contributed by atoms with van der Waals surface area (Å²) in [5.41, 5.74) is 1.25. The molecule has 0 aliphatic carbocycles. The summed E-state index contributed by atoms with van der Waals surface area (Å²) < 4.78 is 2.21. The van der Waals surface area contributed by atoms with Gasteiger partial charge in [-0.2, -0.15) is 0 Å². The van der Waals surface area contributed by atoms with Crippen molar-refractivity contribution in [2.24, 2.45) is 7.05 Å². The van der Waals surface area contributed by atoms with Gasteiger partial charge in [-0.3, -0.25) is 0 Å². The predicted octanol–water partition coefficient (Wildman–Crippen LogP) is 3.65. The average Bonchev–Trinajstić information content (AvgIpc) is 2.77. The SMILES string of the molecule is Cn1cc([Si](C)(C)c2ccccc2)c2cc(Cl)ccc21. The molecule has 3 aromatic rings. The molecule has 0 fully saturated rings. The maximum absolute atomic E-state index is 6.20. The van der Waals surface area contributed by atoms with Crippen LogP contribution in [0.15, 0.2) is 54.7 Å². The van der Waals surface area contributed by atoms with Gasteiger partial charge in [-0.25, -0.2) is 0 Å². The maximum atomic E-state index is 6.20. The number of aryl methyl sites for hydroxylation is 1. The van der Waals surface area contributed by atoms with Gasteiger partial charge in [-0.05, 0) is 23.4 Å². The molecule has 0 aliphatic rings. The highest BCUT2D eigenvalue weighted by Gasteiger charge is 2.29. The highest BCUT2D eigenvalue weighted by Crippen LogP contribution is 2.21. The van der Waals surface area contributed by atoms with E-state index in [1.807, 2.05) is 6.07 Å². The Balaban J connectivity index is 2.26. The summed E-state index contributed by atoms with van der Waals surface area (Å²) in [6, 6.07) is 17.0. The molecule has 0 bridgehead atoms. The molecule has 20 heavy (non-hydrogen) atoms. The van der Waals surface area contributed by atoms with Crippen LogP contribution in [0.1, 0.15) is 0 Å². The van der Waals surface area contributed by atoms with Gasteiger partial charge in [0.1, 0.15) is 8.07 Å². The largest absolute Gasteiger partial charge is 0.351 e. The molecule has 0 unspecified atom stereocenters. The van der Waals surface area contributed by atoms with Crippen molar-refractivity contribution in [2.75, 3.05) is 0 Å². The van der Waals surface area contributed by atoms with Crippen molar-refractivity contribution in [2.45, 2.75) is 13.1 Å². The molecular formula is C17H18ClNSi. The van der Waals surface area contributed by atoms with E-state index in [9.17, 15) is 0 Å². The molecule has 1 heterocycles. The van der Waals surface area contributed by atoms with E-state index in [-0.39, 0.29) is 0 Å². The van der Waals surface area contributed by atoms with Crippen molar-refractivity contribution in [3.05, 3.63) is 59.8 Å². The van der Waals surface area contributed by atoms with Gasteiger partial charge in [0.2, 0.25) is 0 Å². The van der Waals surface area contributed by atoms with E-state index in [2.05, 4.69) is 73.4 Å². The molecule has 0 atom stereocenters. The second kappa shape index (κ2) is 4.79. The minimum absolute atomic E-state index is 0.808. The molecular weight excluding hydrogens is 282 g/mol. The Morgan fingerprint density at radius 2 is 1.70 bits per heavy atom. The van der Waals surface area contributed by atoms with Crippen molar-refractivity contribution in [3.63, 3.8) is 0 Å². The second-order valence-corrected chi connectivity index (χ2v) is 10.6. The number of rotatable bonds is 2. The van der Waals surface area contributed by atoms with Gasteiger partial charge in [0.05, 0.1) is 0 Å². The van der Waals surface area contributed by atoms with E-state index in [1.54, 1.807) is 0 Å². The normalized spacial score (nSPS) is 12.0. The van der Waals surface area contributed by atoms with Gasteiger partial charge in [-0.15, -0.1) is 0 Å². The van der Waals surface area contributed by atoms with Crippen molar-refractivity contribution in [1.29, 1.82) is 0 Å². The summed E-state index contributed by atoms with van der Waals surface area (Å²) in [6.45, 7) is 4.80. The summed E-state index contributed by atoms with van der Waals surface area (Å²) in [5.74, 6) is 0.